The average Bonchev–Trinajstić information content (AvgIpc) is 2.54. The summed E-state index contributed by atoms with van der Waals surface area (Å²) in [5, 5.41) is 22.6. The molecule has 0 saturated carbocycles. The summed E-state index contributed by atoms with van der Waals surface area (Å²) in [5.74, 6) is -1.33. The van der Waals surface area contributed by atoms with E-state index in [0.717, 1.165) is 5.56 Å². The van der Waals surface area contributed by atoms with Crippen molar-refractivity contribution in [2.75, 3.05) is 10.6 Å². The highest BCUT2D eigenvalue weighted by molar-refractivity contribution is 5.95. The first-order valence-electron chi connectivity index (χ1n) is 7.60. The predicted molar refractivity (Wildman–Crippen MR) is 96.9 cm³/mol. The van der Waals surface area contributed by atoms with E-state index in [4.69, 9.17) is 11.1 Å². The molecule has 7 heteroatoms. The number of hydrogen-bond acceptors (Lipinski definition) is 4. The van der Waals surface area contributed by atoms with Crippen LogP contribution in [0.15, 0.2) is 42.5 Å². The second kappa shape index (κ2) is 7.48. The van der Waals surface area contributed by atoms with E-state index in [9.17, 15) is 14.7 Å². The third-order valence-corrected chi connectivity index (χ3v) is 3.66. The van der Waals surface area contributed by atoms with Crippen LogP contribution in [0.5, 0.6) is 0 Å². The van der Waals surface area contributed by atoms with Gasteiger partial charge in [0.1, 0.15) is 5.84 Å². The molecule has 0 aliphatic heterocycles. The van der Waals surface area contributed by atoms with Gasteiger partial charge in [-0.1, -0.05) is 12.1 Å². The number of nitrogen functional groups attached to an aromatic ring is 1. The van der Waals surface area contributed by atoms with Gasteiger partial charge in [-0.05, 0) is 48.4 Å². The van der Waals surface area contributed by atoms with Gasteiger partial charge in [-0.3, -0.25) is 10.2 Å². The summed E-state index contributed by atoms with van der Waals surface area (Å²) in [4.78, 5) is 23.0. The fourth-order valence-corrected chi connectivity index (χ4v) is 2.34. The molecule has 0 bridgehead atoms. The van der Waals surface area contributed by atoms with Crippen molar-refractivity contribution in [1.29, 1.82) is 5.41 Å². The molecule has 0 fully saturated rings. The van der Waals surface area contributed by atoms with Crippen LogP contribution in [-0.2, 0) is 9.59 Å². The molecule has 0 spiro atoms. The number of carbonyl (C=O) groups excluding carboxylic acids is 1. The van der Waals surface area contributed by atoms with Gasteiger partial charge in [-0.15, -0.1) is 0 Å². The quantitative estimate of drug-likeness (QED) is 0.407. The van der Waals surface area contributed by atoms with Gasteiger partial charge in [0.2, 0.25) is 5.91 Å². The number of carbonyl (C=O) groups is 2. The van der Waals surface area contributed by atoms with Crippen LogP contribution < -0.4 is 16.4 Å². The van der Waals surface area contributed by atoms with Crippen LogP contribution in [0.3, 0.4) is 0 Å². The minimum absolute atomic E-state index is 0.0557. The van der Waals surface area contributed by atoms with Crippen LogP contribution in [0.1, 0.15) is 29.7 Å². The maximum atomic E-state index is 11.7. The van der Waals surface area contributed by atoms with E-state index < -0.39 is 12.0 Å². The van der Waals surface area contributed by atoms with Crippen LogP contribution in [-0.4, -0.2) is 22.8 Å². The van der Waals surface area contributed by atoms with Crippen molar-refractivity contribution in [3.05, 3.63) is 59.2 Å². The van der Waals surface area contributed by atoms with Gasteiger partial charge in [0.25, 0.3) is 0 Å². The van der Waals surface area contributed by atoms with Crippen molar-refractivity contribution < 1.29 is 14.7 Å². The highest BCUT2D eigenvalue weighted by atomic mass is 16.4. The Bertz CT molecular complexity index is 816. The van der Waals surface area contributed by atoms with Gasteiger partial charge >= 0.3 is 5.97 Å². The average molecular weight is 340 g/mol. The van der Waals surface area contributed by atoms with Crippen molar-refractivity contribution >= 4 is 29.1 Å². The lowest BCUT2D eigenvalue weighted by Crippen LogP contribution is -2.21. The summed E-state index contributed by atoms with van der Waals surface area (Å²) in [6.45, 7) is 3.23. The molecular formula is C18H20N4O3. The number of nitrogens with two attached hydrogens (primary N) is 1. The Morgan fingerprint density at radius 3 is 2.32 bits per heavy atom. The zero-order valence-electron chi connectivity index (χ0n) is 14.0. The van der Waals surface area contributed by atoms with Gasteiger partial charge in [0, 0.05) is 23.9 Å². The number of carboxylic acid groups (broad SMARTS) is 1. The van der Waals surface area contributed by atoms with Crippen molar-refractivity contribution in [3.8, 4) is 0 Å². The number of hydrogen-bond donors (Lipinski definition) is 5. The number of anilines is 2. The number of amidine groups is 1. The zero-order chi connectivity index (χ0) is 18.6. The van der Waals surface area contributed by atoms with Gasteiger partial charge in [0.15, 0.2) is 6.04 Å². The van der Waals surface area contributed by atoms with E-state index >= 15 is 0 Å². The molecule has 25 heavy (non-hydrogen) atoms. The van der Waals surface area contributed by atoms with Crippen molar-refractivity contribution in [2.45, 2.75) is 19.9 Å². The summed E-state index contributed by atoms with van der Waals surface area (Å²) < 4.78 is 0. The molecule has 1 atom stereocenters. The summed E-state index contributed by atoms with van der Waals surface area (Å²) in [6.07, 6.45) is 0. The molecule has 2 aromatic rings. The molecule has 1 amide bonds. The van der Waals surface area contributed by atoms with E-state index in [0.29, 0.717) is 22.5 Å². The second-order valence-electron chi connectivity index (χ2n) is 5.66. The van der Waals surface area contributed by atoms with E-state index in [1.807, 2.05) is 6.92 Å². The number of amides is 1. The highest BCUT2D eigenvalue weighted by Crippen LogP contribution is 2.25. The van der Waals surface area contributed by atoms with Crippen molar-refractivity contribution in [2.24, 2.45) is 5.73 Å². The molecule has 1 unspecified atom stereocenters. The highest BCUT2D eigenvalue weighted by Gasteiger charge is 2.20. The number of aliphatic carboxylic acids is 1. The van der Waals surface area contributed by atoms with Gasteiger partial charge < -0.3 is 21.5 Å². The molecule has 0 heterocycles. The maximum absolute atomic E-state index is 11.7. The monoisotopic (exact) mass is 340 g/mol. The first-order chi connectivity index (χ1) is 11.8. The number of rotatable bonds is 6. The largest absolute Gasteiger partial charge is 0.479 e. The fraction of sp³-hybridized carbons (Fsp3) is 0.167. The summed E-state index contributed by atoms with van der Waals surface area (Å²) >= 11 is 0. The number of benzene rings is 2. The number of aryl methyl sites for hydroxylation is 1. The Morgan fingerprint density at radius 2 is 1.80 bits per heavy atom. The molecule has 130 valence electrons. The third kappa shape index (κ3) is 4.57. The number of carboxylic acids is 1. The minimum Gasteiger partial charge on any atom is -0.479 e. The Hall–Kier alpha value is -3.35. The minimum atomic E-state index is -1.05. The molecular weight excluding hydrogens is 320 g/mol. The Balaban J connectivity index is 2.30. The fourth-order valence-electron chi connectivity index (χ4n) is 2.34. The van der Waals surface area contributed by atoms with Gasteiger partial charge in [-0.25, -0.2) is 4.79 Å². The normalized spacial score (nSPS) is 11.4. The molecule has 0 aliphatic rings. The molecule has 2 rings (SSSR count). The molecule has 0 aliphatic carbocycles. The van der Waals surface area contributed by atoms with E-state index in [-0.39, 0.29) is 11.7 Å². The van der Waals surface area contributed by atoms with Crippen molar-refractivity contribution in [1.82, 2.24) is 0 Å². The standard InChI is InChI=1S/C18H20N4O3/c1-10-3-4-13(9-15(10)21-11(2)23)16(18(24)25)22-14-7-5-12(6-8-14)17(19)20/h3-9,16,22H,1-2H3,(H3,19,20)(H,21,23)(H,24,25). The first kappa shape index (κ1) is 18.0. The third-order valence-electron chi connectivity index (χ3n) is 3.66. The zero-order valence-corrected chi connectivity index (χ0v) is 14.0. The van der Waals surface area contributed by atoms with Crippen LogP contribution in [0.4, 0.5) is 11.4 Å². The first-order valence-corrected chi connectivity index (χ1v) is 7.60. The molecule has 2 aromatic carbocycles. The Labute approximate surface area is 145 Å². The summed E-state index contributed by atoms with van der Waals surface area (Å²) in [6, 6.07) is 10.7. The molecule has 0 aromatic heterocycles. The Kier molecular flexibility index (Phi) is 5.38. The molecule has 7 nitrogen and oxygen atoms in total. The lowest BCUT2D eigenvalue weighted by molar-refractivity contribution is -0.138. The second-order valence-corrected chi connectivity index (χ2v) is 5.66. The maximum Gasteiger partial charge on any atom is 0.330 e. The molecule has 0 radical (unpaired) electrons. The van der Waals surface area contributed by atoms with E-state index in [1.54, 1.807) is 42.5 Å². The Morgan fingerprint density at radius 1 is 1.16 bits per heavy atom. The van der Waals surface area contributed by atoms with Crippen LogP contribution in [0.2, 0.25) is 0 Å². The SMILES string of the molecule is CC(=O)Nc1cc(C(Nc2ccc(C(=N)N)cc2)C(=O)O)ccc1C. The summed E-state index contributed by atoms with van der Waals surface area (Å²) in [5.41, 5.74) is 8.48. The van der Waals surface area contributed by atoms with E-state index in [2.05, 4.69) is 10.6 Å². The van der Waals surface area contributed by atoms with Gasteiger partial charge in [0.05, 0.1) is 0 Å². The molecule has 0 saturated heterocycles. The van der Waals surface area contributed by atoms with Crippen molar-refractivity contribution in [3.63, 3.8) is 0 Å². The smallest absolute Gasteiger partial charge is 0.330 e. The lowest BCUT2D eigenvalue weighted by atomic mass is 10.0. The van der Waals surface area contributed by atoms with E-state index in [1.165, 1.54) is 6.92 Å². The van der Waals surface area contributed by atoms with Crippen LogP contribution in [0.25, 0.3) is 0 Å². The lowest BCUT2D eigenvalue weighted by Gasteiger charge is -2.18. The summed E-state index contributed by atoms with van der Waals surface area (Å²) in [7, 11) is 0. The topological polar surface area (TPSA) is 128 Å². The van der Waals surface area contributed by atoms with Crippen LogP contribution in [0, 0.1) is 12.3 Å². The van der Waals surface area contributed by atoms with Crippen LogP contribution >= 0.6 is 0 Å². The number of nitrogens with one attached hydrogen (secondary N) is 3. The van der Waals surface area contributed by atoms with Gasteiger partial charge in [-0.2, -0.15) is 0 Å². The predicted octanol–water partition coefficient (Wildman–Crippen LogP) is 2.48. The molecule has 6 N–H and O–H groups in total.